The number of aryl methyl sites for hydroxylation is 1. The molecule has 1 saturated heterocycles. The summed E-state index contributed by atoms with van der Waals surface area (Å²) in [5.74, 6) is 1.14. The number of rotatable bonds is 10. The van der Waals surface area contributed by atoms with Crippen molar-refractivity contribution < 1.29 is 23.9 Å². The number of methoxy groups -OCH3 is 2. The highest BCUT2D eigenvalue weighted by Gasteiger charge is 2.40. The van der Waals surface area contributed by atoms with Gasteiger partial charge in [0.25, 0.3) is 5.91 Å². The average Bonchev–Trinajstić information content (AvgIpc) is 3.25. The summed E-state index contributed by atoms with van der Waals surface area (Å²) in [6, 6.07) is 5.33. The van der Waals surface area contributed by atoms with E-state index in [2.05, 4.69) is 0 Å². The Balaban J connectivity index is 1.87. The lowest BCUT2D eigenvalue weighted by atomic mass is 9.84. The number of thioether (sulfide) groups is 1. The summed E-state index contributed by atoms with van der Waals surface area (Å²) in [6.45, 7) is 5.94. The lowest BCUT2D eigenvalue weighted by Gasteiger charge is -2.27. The number of benzene rings is 1. The number of ketones is 1. The van der Waals surface area contributed by atoms with Crippen LogP contribution < -0.4 is 9.47 Å². The molecule has 0 unspecified atom stereocenters. The Morgan fingerprint density at radius 3 is 2.50 bits per heavy atom. The summed E-state index contributed by atoms with van der Waals surface area (Å²) >= 11 is 1.26. The lowest BCUT2D eigenvalue weighted by molar-refractivity contribution is -0.150. The molecule has 0 saturated carbocycles. The maximum Gasteiger partial charge on any atom is 0.291 e. The minimum absolute atomic E-state index is 0.0183. The van der Waals surface area contributed by atoms with E-state index >= 15 is 0 Å². The molecule has 1 aliphatic heterocycles. The fourth-order valence-corrected chi connectivity index (χ4v) is 4.34. The molecule has 6 nitrogen and oxygen atoms in total. The molecule has 1 heterocycles. The maximum atomic E-state index is 12.7. The number of carbonyl (C=O) groups is 3. The number of Topliss-reactive ketones (excluding diaryl/α,β-unsaturated/α-hetero) is 1. The van der Waals surface area contributed by atoms with Gasteiger partial charge in [-0.3, -0.25) is 14.4 Å². The van der Waals surface area contributed by atoms with Crippen molar-refractivity contribution in [3.05, 3.63) is 23.8 Å². The van der Waals surface area contributed by atoms with E-state index in [9.17, 15) is 14.4 Å². The van der Waals surface area contributed by atoms with Crippen molar-refractivity contribution in [1.29, 1.82) is 0 Å². The molecule has 0 aromatic heterocycles. The van der Waals surface area contributed by atoms with Gasteiger partial charge >= 0.3 is 0 Å². The van der Waals surface area contributed by atoms with Gasteiger partial charge in [0.2, 0.25) is 10.9 Å². The summed E-state index contributed by atoms with van der Waals surface area (Å²) in [7, 11) is 3.21. The molecular formula is C23H33NO5S. The van der Waals surface area contributed by atoms with Gasteiger partial charge in [0, 0.05) is 17.7 Å². The second kappa shape index (κ2) is 10.8. The fourth-order valence-electron chi connectivity index (χ4n) is 3.42. The third-order valence-corrected chi connectivity index (χ3v) is 6.83. The van der Waals surface area contributed by atoms with Crippen LogP contribution in [-0.2, 0) is 20.8 Å². The van der Waals surface area contributed by atoms with Crippen LogP contribution in [0.1, 0.15) is 52.0 Å². The van der Waals surface area contributed by atoms with Crippen molar-refractivity contribution >= 4 is 28.6 Å². The van der Waals surface area contributed by atoms with E-state index in [-0.39, 0.29) is 5.12 Å². The van der Waals surface area contributed by atoms with Gasteiger partial charge < -0.3 is 14.4 Å². The van der Waals surface area contributed by atoms with Crippen LogP contribution in [-0.4, -0.2) is 54.3 Å². The van der Waals surface area contributed by atoms with Crippen LogP contribution >= 0.6 is 11.8 Å². The Kier molecular flexibility index (Phi) is 8.77. The quantitative estimate of drug-likeness (QED) is 0.410. The average molecular weight is 436 g/mol. The van der Waals surface area contributed by atoms with Crippen LogP contribution in [0.5, 0.6) is 11.5 Å². The zero-order valence-corrected chi connectivity index (χ0v) is 19.5. The number of hydrogen-bond acceptors (Lipinski definition) is 6. The van der Waals surface area contributed by atoms with Gasteiger partial charge in [-0.2, -0.15) is 0 Å². The van der Waals surface area contributed by atoms with Crippen LogP contribution in [0.3, 0.4) is 0 Å². The van der Waals surface area contributed by atoms with Gasteiger partial charge in [-0.15, -0.1) is 0 Å². The van der Waals surface area contributed by atoms with Gasteiger partial charge in [-0.05, 0) is 49.8 Å². The van der Waals surface area contributed by atoms with E-state index in [1.54, 1.807) is 28.1 Å². The molecule has 1 aromatic rings. The summed E-state index contributed by atoms with van der Waals surface area (Å²) in [5.41, 5.74) is 0.422. The molecule has 0 spiro atoms. The number of hydrogen-bond donors (Lipinski definition) is 0. The van der Waals surface area contributed by atoms with Crippen LogP contribution in [0.15, 0.2) is 18.2 Å². The largest absolute Gasteiger partial charge is 0.493 e. The standard InChI is InChI=1S/C23H33NO5S/c1-6-23(2,3)20(25)21(26)24-13-7-10-17(24)22(27)30-14-8-9-16-11-12-18(28-4)19(15-16)29-5/h11-12,15,17H,6-10,13-14H2,1-5H3/t17-/m0/s1. The maximum absolute atomic E-state index is 12.7. The highest BCUT2D eigenvalue weighted by atomic mass is 32.2. The monoisotopic (exact) mass is 435 g/mol. The highest BCUT2D eigenvalue weighted by molar-refractivity contribution is 8.13. The van der Waals surface area contributed by atoms with Crippen molar-refractivity contribution in [2.45, 2.75) is 58.9 Å². The Morgan fingerprint density at radius 2 is 1.87 bits per heavy atom. The molecule has 0 aliphatic carbocycles. The van der Waals surface area contributed by atoms with E-state index in [1.807, 2.05) is 25.1 Å². The van der Waals surface area contributed by atoms with Crippen LogP contribution in [0.2, 0.25) is 0 Å². The van der Waals surface area contributed by atoms with Crippen LogP contribution in [0.25, 0.3) is 0 Å². The molecular weight excluding hydrogens is 402 g/mol. The van der Waals surface area contributed by atoms with Crippen molar-refractivity contribution in [2.75, 3.05) is 26.5 Å². The van der Waals surface area contributed by atoms with E-state index in [0.717, 1.165) is 24.8 Å². The minimum atomic E-state index is -0.695. The molecule has 1 fully saturated rings. The second-order valence-corrected chi connectivity index (χ2v) is 9.28. The van der Waals surface area contributed by atoms with Gasteiger partial charge in [0.05, 0.1) is 14.2 Å². The number of amides is 1. The first-order valence-corrected chi connectivity index (χ1v) is 11.5. The second-order valence-electron chi connectivity index (χ2n) is 8.18. The summed E-state index contributed by atoms with van der Waals surface area (Å²) < 4.78 is 10.6. The predicted octanol–water partition coefficient (Wildman–Crippen LogP) is 3.89. The van der Waals surface area contributed by atoms with Crippen molar-refractivity contribution in [3.63, 3.8) is 0 Å². The summed E-state index contributed by atoms with van der Waals surface area (Å²) in [4.78, 5) is 39.4. The summed E-state index contributed by atoms with van der Waals surface area (Å²) in [6.07, 6.45) is 3.63. The third kappa shape index (κ3) is 5.78. The topological polar surface area (TPSA) is 72.9 Å². The first-order chi connectivity index (χ1) is 14.2. The van der Waals surface area contributed by atoms with Crippen molar-refractivity contribution in [2.24, 2.45) is 5.41 Å². The van der Waals surface area contributed by atoms with Crippen molar-refractivity contribution in [3.8, 4) is 11.5 Å². The highest BCUT2D eigenvalue weighted by Crippen LogP contribution is 2.29. The van der Waals surface area contributed by atoms with Crippen molar-refractivity contribution in [1.82, 2.24) is 4.90 Å². The van der Waals surface area contributed by atoms with Crippen LogP contribution in [0, 0.1) is 5.41 Å². The van der Waals surface area contributed by atoms with E-state index in [4.69, 9.17) is 9.47 Å². The van der Waals surface area contributed by atoms with E-state index in [1.165, 1.54) is 16.7 Å². The Bertz CT molecular complexity index is 777. The fraction of sp³-hybridized carbons (Fsp3) is 0.609. The van der Waals surface area contributed by atoms with Gasteiger partial charge in [0.1, 0.15) is 6.04 Å². The predicted molar refractivity (Wildman–Crippen MR) is 119 cm³/mol. The van der Waals surface area contributed by atoms with Gasteiger partial charge in [-0.1, -0.05) is 38.6 Å². The lowest BCUT2D eigenvalue weighted by Crippen LogP contribution is -2.47. The Morgan fingerprint density at radius 1 is 1.17 bits per heavy atom. The number of carbonyl (C=O) groups excluding carboxylic acids is 3. The molecule has 1 amide bonds. The molecule has 0 N–H and O–H groups in total. The van der Waals surface area contributed by atoms with Gasteiger partial charge in [0.15, 0.2) is 11.5 Å². The number of nitrogens with zero attached hydrogens (tertiary/aromatic N) is 1. The third-order valence-electron chi connectivity index (χ3n) is 5.78. The smallest absolute Gasteiger partial charge is 0.291 e. The zero-order chi connectivity index (χ0) is 22.3. The number of ether oxygens (including phenoxy) is 2. The molecule has 1 atom stereocenters. The molecule has 1 aromatic carbocycles. The van der Waals surface area contributed by atoms with E-state index < -0.39 is 23.1 Å². The molecule has 30 heavy (non-hydrogen) atoms. The first kappa shape index (κ1) is 24.3. The minimum Gasteiger partial charge on any atom is -0.493 e. The molecule has 2 rings (SSSR count). The Hall–Kier alpha value is -2.02. The zero-order valence-electron chi connectivity index (χ0n) is 18.7. The van der Waals surface area contributed by atoms with Gasteiger partial charge in [-0.25, -0.2) is 0 Å². The normalized spacial score (nSPS) is 16.4. The number of likely N-dealkylation sites (tertiary alicyclic amines) is 1. The summed E-state index contributed by atoms with van der Waals surface area (Å²) in [5, 5.41) is -0.0183. The molecule has 1 aliphatic rings. The Labute approximate surface area is 183 Å². The molecule has 0 bridgehead atoms. The molecule has 7 heteroatoms. The molecule has 166 valence electrons. The first-order valence-electron chi connectivity index (χ1n) is 10.5. The van der Waals surface area contributed by atoms with E-state index in [0.29, 0.717) is 36.6 Å². The van der Waals surface area contributed by atoms with Crippen LogP contribution in [0.4, 0.5) is 0 Å². The molecule has 0 radical (unpaired) electrons. The SMILES string of the molecule is CCC(C)(C)C(=O)C(=O)N1CCC[C@H]1C(=O)SCCCc1ccc(OC)c(OC)c1.